The number of benzene rings is 2. The number of piperidine rings is 1. The van der Waals surface area contributed by atoms with Crippen LogP contribution in [0.1, 0.15) is 55.6 Å². The van der Waals surface area contributed by atoms with Crippen molar-refractivity contribution in [3.63, 3.8) is 0 Å². The topological polar surface area (TPSA) is 35.6 Å². The number of anilines is 1. The molecular weight excluding hydrogens is 463 g/mol. The van der Waals surface area contributed by atoms with E-state index in [0.29, 0.717) is 25.1 Å². The summed E-state index contributed by atoms with van der Waals surface area (Å²) in [5, 5.41) is 2.78. The van der Waals surface area contributed by atoms with Crippen LogP contribution in [0.3, 0.4) is 0 Å². The molecule has 3 fully saturated rings. The van der Waals surface area contributed by atoms with E-state index >= 15 is 0 Å². The van der Waals surface area contributed by atoms with Gasteiger partial charge in [-0.2, -0.15) is 13.2 Å². The molecule has 0 unspecified atom stereocenters. The van der Waals surface area contributed by atoms with E-state index in [2.05, 4.69) is 15.1 Å². The monoisotopic (exact) mass is 491 g/mol. The fourth-order valence-electron chi connectivity index (χ4n) is 6.19. The smallest absolute Gasteiger partial charge is 0.339 e. The van der Waals surface area contributed by atoms with Gasteiger partial charge in [0, 0.05) is 24.8 Å². The van der Waals surface area contributed by atoms with Gasteiger partial charge in [0.2, 0.25) is 5.91 Å². The number of para-hydroxylation sites is 1. The number of carbonyl (C=O) groups excluding carboxylic acids is 1. The number of hydrogen-bond acceptors (Lipinski definition) is 3. The molecule has 2 atom stereocenters. The maximum absolute atomic E-state index is 13.5. The van der Waals surface area contributed by atoms with Gasteiger partial charge in [0.05, 0.1) is 17.3 Å². The summed E-state index contributed by atoms with van der Waals surface area (Å²) >= 11 is 5.88. The summed E-state index contributed by atoms with van der Waals surface area (Å²) in [6.45, 7) is 2.00. The summed E-state index contributed by atoms with van der Waals surface area (Å²) in [4.78, 5) is 17.6. The average Bonchev–Trinajstić information content (AvgIpc) is 3.15. The van der Waals surface area contributed by atoms with Gasteiger partial charge in [0.1, 0.15) is 5.54 Å². The van der Waals surface area contributed by atoms with Gasteiger partial charge >= 0.3 is 6.18 Å². The zero-order chi connectivity index (χ0) is 23.9. The van der Waals surface area contributed by atoms with E-state index in [1.54, 1.807) is 6.07 Å². The lowest BCUT2D eigenvalue weighted by atomic mass is 9.77. The fraction of sp³-hybridized carbons (Fsp3) is 0.500. The van der Waals surface area contributed by atoms with E-state index in [9.17, 15) is 18.0 Å². The van der Waals surface area contributed by atoms with Crippen LogP contribution in [-0.2, 0) is 11.0 Å². The predicted molar refractivity (Wildman–Crippen MR) is 127 cm³/mol. The third kappa shape index (κ3) is 4.17. The molecule has 5 rings (SSSR count). The molecule has 2 aromatic carbocycles. The first-order valence-electron chi connectivity index (χ1n) is 12.0. The summed E-state index contributed by atoms with van der Waals surface area (Å²) < 4.78 is 40.5. The lowest BCUT2D eigenvalue weighted by Crippen LogP contribution is -2.58. The Balaban J connectivity index is 1.36. The Morgan fingerprint density at radius 2 is 1.71 bits per heavy atom. The second-order valence-electron chi connectivity index (χ2n) is 9.69. The van der Waals surface area contributed by atoms with Crippen molar-refractivity contribution >= 4 is 23.2 Å². The highest BCUT2D eigenvalue weighted by Gasteiger charge is 2.51. The van der Waals surface area contributed by atoms with Crippen LogP contribution in [0.4, 0.5) is 18.9 Å². The molecule has 2 aliphatic heterocycles. The van der Waals surface area contributed by atoms with Crippen LogP contribution in [0, 0.1) is 0 Å². The van der Waals surface area contributed by atoms with Crippen molar-refractivity contribution in [3.05, 3.63) is 64.7 Å². The van der Waals surface area contributed by atoms with E-state index in [1.807, 2.05) is 30.3 Å². The molecule has 1 spiro atoms. The third-order valence-corrected chi connectivity index (χ3v) is 8.28. The molecule has 1 aliphatic carbocycles. The number of halogens is 4. The number of carbonyl (C=O) groups is 1. The quantitative estimate of drug-likeness (QED) is 0.588. The molecule has 0 bridgehead atoms. The van der Waals surface area contributed by atoms with Gasteiger partial charge in [-0.1, -0.05) is 48.7 Å². The van der Waals surface area contributed by atoms with E-state index < -0.39 is 17.3 Å². The second kappa shape index (κ2) is 9.08. The van der Waals surface area contributed by atoms with Crippen molar-refractivity contribution in [2.75, 3.05) is 24.7 Å². The van der Waals surface area contributed by atoms with Gasteiger partial charge in [0.25, 0.3) is 0 Å². The molecule has 2 aromatic rings. The molecule has 8 heteroatoms. The zero-order valence-corrected chi connectivity index (χ0v) is 19.7. The number of likely N-dealkylation sites (tertiary alicyclic amines) is 1. The first-order chi connectivity index (χ1) is 16.3. The van der Waals surface area contributed by atoms with Crippen LogP contribution < -0.4 is 10.2 Å². The predicted octanol–water partition coefficient (Wildman–Crippen LogP) is 5.81. The summed E-state index contributed by atoms with van der Waals surface area (Å²) in [5.74, 6) is 0.104. The van der Waals surface area contributed by atoms with Crippen LogP contribution in [0.15, 0.2) is 48.5 Å². The number of rotatable bonds is 3. The lowest BCUT2D eigenvalue weighted by molar-refractivity contribution is -0.137. The SMILES string of the molecule is O=C1NCN(c2ccccc2)C12CCN([C@H]1CCCC[C@H]1c1ccc(Cl)c(C(F)(F)F)c1)CC2. The Morgan fingerprint density at radius 3 is 2.41 bits per heavy atom. The second-order valence-corrected chi connectivity index (χ2v) is 10.1. The van der Waals surface area contributed by atoms with Crippen LogP contribution in [0.25, 0.3) is 0 Å². The molecule has 34 heavy (non-hydrogen) atoms. The highest BCUT2D eigenvalue weighted by atomic mass is 35.5. The van der Waals surface area contributed by atoms with Crippen molar-refractivity contribution in [1.82, 2.24) is 10.2 Å². The third-order valence-electron chi connectivity index (χ3n) is 7.95. The standard InChI is InChI=1S/C26H29ClF3N3O/c27-22-11-10-18(16-21(22)26(28,29)30)20-8-4-5-9-23(20)32-14-12-25(13-15-32)24(34)31-17-33(25)19-6-2-1-3-7-19/h1-3,6-7,10-11,16,20,23H,4-5,8-9,12-15,17H2,(H,31,34)/t20-,23-/m0/s1. The summed E-state index contributed by atoms with van der Waals surface area (Å²) in [6.07, 6.45) is 0.826. The molecule has 1 N–H and O–H groups in total. The Bertz CT molecular complexity index is 1040. The number of hydrogen-bond donors (Lipinski definition) is 1. The largest absolute Gasteiger partial charge is 0.417 e. The minimum Gasteiger partial charge on any atom is -0.339 e. The number of nitrogens with one attached hydrogen (secondary N) is 1. The van der Waals surface area contributed by atoms with Crippen molar-refractivity contribution in [1.29, 1.82) is 0 Å². The van der Waals surface area contributed by atoms with Crippen molar-refractivity contribution < 1.29 is 18.0 Å². The highest BCUT2D eigenvalue weighted by Crippen LogP contribution is 2.43. The molecule has 0 aromatic heterocycles. The van der Waals surface area contributed by atoms with Crippen molar-refractivity contribution in [2.45, 2.75) is 62.2 Å². The van der Waals surface area contributed by atoms with Gasteiger partial charge in [-0.3, -0.25) is 9.69 Å². The molecule has 1 amide bonds. The summed E-state index contributed by atoms with van der Waals surface area (Å²) in [7, 11) is 0. The highest BCUT2D eigenvalue weighted by molar-refractivity contribution is 6.31. The van der Waals surface area contributed by atoms with Gasteiger partial charge in [-0.25, -0.2) is 0 Å². The van der Waals surface area contributed by atoms with Gasteiger partial charge in [-0.15, -0.1) is 0 Å². The fourth-order valence-corrected chi connectivity index (χ4v) is 6.41. The molecule has 0 radical (unpaired) electrons. The van der Waals surface area contributed by atoms with Crippen molar-refractivity contribution in [3.8, 4) is 0 Å². The molecule has 3 aliphatic rings. The van der Waals surface area contributed by atoms with E-state index in [0.717, 1.165) is 44.5 Å². The van der Waals surface area contributed by atoms with Crippen molar-refractivity contribution in [2.24, 2.45) is 0 Å². The van der Waals surface area contributed by atoms with E-state index in [-0.39, 0.29) is 22.9 Å². The van der Waals surface area contributed by atoms with E-state index in [1.165, 1.54) is 12.1 Å². The van der Waals surface area contributed by atoms with Crippen LogP contribution >= 0.6 is 11.6 Å². The molecule has 4 nitrogen and oxygen atoms in total. The van der Waals surface area contributed by atoms with Crippen LogP contribution in [-0.4, -0.2) is 42.1 Å². The Kier molecular flexibility index (Phi) is 6.27. The molecular formula is C26H29ClF3N3O. The number of alkyl halides is 3. The Morgan fingerprint density at radius 1 is 1.00 bits per heavy atom. The minimum atomic E-state index is -4.47. The summed E-state index contributed by atoms with van der Waals surface area (Å²) in [6, 6.07) is 14.6. The molecule has 2 saturated heterocycles. The maximum Gasteiger partial charge on any atom is 0.417 e. The number of nitrogens with zero attached hydrogens (tertiary/aromatic N) is 2. The summed E-state index contributed by atoms with van der Waals surface area (Å²) in [5.41, 5.74) is 0.429. The molecule has 2 heterocycles. The van der Waals surface area contributed by atoms with Crippen LogP contribution in [0.2, 0.25) is 5.02 Å². The van der Waals surface area contributed by atoms with Gasteiger partial charge in [-0.05, 0) is 61.4 Å². The molecule has 182 valence electrons. The average molecular weight is 492 g/mol. The first-order valence-corrected chi connectivity index (χ1v) is 12.4. The van der Waals surface area contributed by atoms with Gasteiger partial charge in [0.15, 0.2) is 0 Å². The van der Waals surface area contributed by atoms with Gasteiger partial charge < -0.3 is 10.2 Å². The number of amides is 1. The normalized spacial score (nSPS) is 25.5. The molecule has 1 saturated carbocycles. The Labute approximate surface area is 203 Å². The first kappa shape index (κ1) is 23.5. The lowest BCUT2D eigenvalue weighted by Gasteiger charge is -2.48. The minimum absolute atomic E-state index is 0.0313. The Hall–Kier alpha value is -2.25. The van der Waals surface area contributed by atoms with Crippen LogP contribution in [0.5, 0.6) is 0 Å². The zero-order valence-electron chi connectivity index (χ0n) is 19.0. The van der Waals surface area contributed by atoms with E-state index in [4.69, 9.17) is 11.6 Å². The maximum atomic E-state index is 13.5.